The van der Waals surface area contributed by atoms with Gasteiger partial charge >= 0.3 is 0 Å². The Kier molecular flexibility index (Phi) is 8.00. The second-order valence-electron chi connectivity index (χ2n) is 10.3. The molecule has 0 bridgehead atoms. The monoisotopic (exact) mass is 481 g/mol. The first-order valence-corrected chi connectivity index (χ1v) is 14.0. The van der Waals surface area contributed by atoms with Gasteiger partial charge in [-0.2, -0.15) is 0 Å². The number of aryl methyl sites for hydroxylation is 1. The molecular formula is C32H39N3O. The van der Waals surface area contributed by atoms with Crippen LogP contribution in [-0.4, -0.2) is 22.0 Å². The highest BCUT2D eigenvalue weighted by molar-refractivity contribution is 6.05. The average Bonchev–Trinajstić information content (AvgIpc) is 3.47. The molecule has 1 aromatic heterocycles. The maximum atomic E-state index is 13.2. The zero-order valence-electron chi connectivity index (χ0n) is 21.7. The fourth-order valence-electron chi connectivity index (χ4n) is 5.78. The minimum atomic E-state index is 0.113. The van der Waals surface area contributed by atoms with E-state index in [2.05, 4.69) is 78.2 Å². The molecule has 0 spiro atoms. The van der Waals surface area contributed by atoms with E-state index in [1.807, 2.05) is 4.90 Å². The Labute approximate surface area is 215 Å². The Morgan fingerprint density at radius 1 is 0.806 bits per heavy atom. The number of carbonyl (C=O) groups excluding carboxylic acids is 1. The van der Waals surface area contributed by atoms with Crippen LogP contribution >= 0.6 is 0 Å². The molecule has 1 aliphatic heterocycles. The molecule has 5 rings (SSSR count). The Balaban J connectivity index is 1.29. The third kappa shape index (κ3) is 5.33. The van der Waals surface area contributed by atoms with E-state index in [1.54, 1.807) is 0 Å². The number of benzene rings is 3. The number of carbonyl (C=O) groups is 1. The third-order valence-corrected chi connectivity index (χ3v) is 7.72. The average molecular weight is 482 g/mol. The van der Waals surface area contributed by atoms with Crippen LogP contribution in [0, 0.1) is 0 Å². The van der Waals surface area contributed by atoms with Crippen molar-refractivity contribution in [3.8, 4) is 0 Å². The highest BCUT2D eigenvalue weighted by atomic mass is 16.2. The number of aromatic nitrogens is 2. The first kappa shape index (κ1) is 24.5. The Morgan fingerprint density at radius 2 is 1.50 bits per heavy atom. The van der Waals surface area contributed by atoms with Crippen LogP contribution in [0.3, 0.4) is 0 Å². The summed E-state index contributed by atoms with van der Waals surface area (Å²) >= 11 is 0. The normalized spacial score (nSPS) is 16.0. The highest BCUT2D eigenvalue weighted by Crippen LogP contribution is 2.36. The number of hydrogen-bond acceptors (Lipinski definition) is 2. The van der Waals surface area contributed by atoms with Gasteiger partial charge in [0.15, 0.2) is 0 Å². The summed E-state index contributed by atoms with van der Waals surface area (Å²) in [5.74, 6) is 1.38. The van der Waals surface area contributed by atoms with Gasteiger partial charge in [-0.3, -0.25) is 4.79 Å². The van der Waals surface area contributed by atoms with Crippen molar-refractivity contribution in [2.75, 3.05) is 11.4 Å². The molecular weight excluding hydrogens is 442 g/mol. The van der Waals surface area contributed by atoms with Crippen LogP contribution in [0.15, 0.2) is 66.7 Å². The number of amides is 1. The van der Waals surface area contributed by atoms with E-state index in [0.29, 0.717) is 13.0 Å². The summed E-state index contributed by atoms with van der Waals surface area (Å²) in [5, 5.41) is 2.31. The lowest BCUT2D eigenvalue weighted by Crippen LogP contribution is -2.24. The van der Waals surface area contributed by atoms with E-state index in [1.165, 1.54) is 62.3 Å². The number of unbranched alkanes of at least 4 members (excludes halogenated alkanes) is 8. The lowest BCUT2D eigenvalue weighted by molar-refractivity contribution is -0.117. The Morgan fingerprint density at radius 3 is 2.33 bits per heavy atom. The number of anilines is 1. The molecule has 4 aromatic rings. The fraction of sp³-hybridized carbons (Fsp3) is 0.438. The number of para-hydroxylation sites is 2. The van der Waals surface area contributed by atoms with Gasteiger partial charge in [-0.15, -0.1) is 0 Å². The molecule has 3 aromatic carbocycles. The molecule has 1 unspecified atom stereocenters. The topological polar surface area (TPSA) is 38.1 Å². The predicted octanol–water partition coefficient (Wildman–Crippen LogP) is 8.24. The maximum absolute atomic E-state index is 13.2. The van der Waals surface area contributed by atoms with Crippen molar-refractivity contribution in [3.63, 3.8) is 0 Å². The number of hydrogen-bond donors (Lipinski definition) is 0. The van der Waals surface area contributed by atoms with Crippen molar-refractivity contribution in [1.29, 1.82) is 0 Å². The van der Waals surface area contributed by atoms with Crippen LogP contribution in [0.25, 0.3) is 21.8 Å². The SMILES string of the molecule is CCCCCCCCCCCn1c(C2CC(=O)N(c3cccc4ccccc34)C2)nc2ccccc21. The molecule has 1 atom stereocenters. The van der Waals surface area contributed by atoms with E-state index in [4.69, 9.17) is 4.98 Å². The molecule has 0 N–H and O–H groups in total. The first-order chi connectivity index (χ1) is 17.8. The summed E-state index contributed by atoms with van der Waals surface area (Å²) in [6.45, 7) is 3.94. The van der Waals surface area contributed by atoms with E-state index in [-0.39, 0.29) is 11.8 Å². The quantitative estimate of drug-likeness (QED) is 0.191. The lowest BCUT2D eigenvalue weighted by Gasteiger charge is -2.19. The molecule has 0 saturated carbocycles. The minimum absolute atomic E-state index is 0.113. The molecule has 36 heavy (non-hydrogen) atoms. The number of imidazole rings is 1. The third-order valence-electron chi connectivity index (χ3n) is 7.72. The van der Waals surface area contributed by atoms with Crippen molar-refractivity contribution in [2.45, 2.75) is 83.6 Å². The van der Waals surface area contributed by atoms with Gasteiger partial charge in [0.2, 0.25) is 5.91 Å². The maximum Gasteiger partial charge on any atom is 0.227 e. The largest absolute Gasteiger partial charge is 0.328 e. The van der Waals surface area contributed by atoms with Gasteiger partial charge in [0.05, 0.1) is 16.7 Å². The molecule has 188 valence electrons. The van der Waals surface area contributed by atoms with Crippen molar-refractivity contribution in [3.05, 3.63) is 72.6 Å². The molecule has 1 saturated heterocycles. The van der Waals surface area contributed by atoms with Crippen LogP contribution in [-0.2, 0) is 11.3 Å². The number of rotatable bonds is 12. The van der Waals surface area contributed by atoms with E-state index in [9.17, 15) is 4.79 Å². The standard InChI is InChI=1S/C32H39N3O/c1-2-3-4-5-6-7-8-9-14-22-34-30-20-13-12-19-28(30)33-32(34)26-23-31(36)35(24-26)29-21-15-17-25-16-10-11-18-27(25)29/h10-13,15-21,26H,2-9,14,22-24H2,1H3. The molecule has 2 heterocycles. The second kappa shape index (κ2) is 11.7. The van der Waals surface area contributed by atoms with E-state index >= 15 is 0 Å². The molecule has 1 aliphatic rings. The van der Waals surface area contributed by atoms with Crippen molar-refractivity contribution < 1.29 is 4.79 Å². The van der Waals surface area contributed by atoms with E-state index < -0.39 is 0 Å². The van der Waals surface area contributed by atoms with E-state index in [0.717, 1.165) is 35.4 Å². The van der Waals surface area contributed by atoms with Gasteiger partial charge in [-0.25, -0.2) is 4.98 Å². The minimum Gasteiger partial charge on any atom is -0.328 e. The zero-order chi connectivity index (χ0) is 24.7. The van der Waals surface area contributed by atoms with Gasteiger partial charge in [-0.1, -0.05) is 107 Å². The van der Waals surface area contributed by atoms with Crippen LogP contribution in [0.2, 0.25) is 0 Å². The summed E-state index contributed by atoms with van der Waals surface area (Å²) in [6, 6.07) is 23.0. The molecule has 4 heteroatoms. The summed E-state index contributed by atoms with van der Waals surface area (Å²) in [7, 11) is 0. The van der Waals surface area contributed by atoms with Crippen molar-refractivity contribution in [2.24, 2.45) is 0 Å². The van der Waals surface area contributed by atoms with Crippen LogP contribution < -0.4 is 4.90 Å². The zero-order valence-corrected chi connectivity index (χ0v) is 21.7. The van der Waals surface area contributed by atoms with Gasteiger partial charge in [0, 0.05) is 30.8 Å². The van der Waals surface area contributed by atoms with Crippen LogP contribution in [0.4, 0.5) is 5.69 Å². The van der Waals surface area contributed by atoms with Gasteiger partial charge in [-0.05, 0) is 30.0 Å². The first-order valence-electron chi connectivity index (χ1n) is 14.0. The summed E-state index contributed by atoms with van der Waals surface area (Å²) in [4.78, 5) is 20.3. The van der Waals surface area contributed by atoms with Gasteiger partial charge < -0.3 is 9.47 Å². The molecule has 0 aliphatic carbocycles. The number of nitrogens with zero attached hydrogens (tertiary/aromatic N) is 3. The highest BCUT2D eigenvalue weighted by Gasteiger charge is 2.35. The van der Waals surface area contributed by atoms with Crippen LogP contribution in [0.5, 0.6) is 0 Å². The predicted molar refractivity (Wildman–Crippen MR) is 151 cm³/mol. The van der Waals surface area contributed by atoms with Crippen molar-refractivity contribution >= 4 is 33.4 Å². The Bertz CT molecular complexity index is 1300. The smallest absolute Gasteiger partial charge is 0.227 e. The summed E-state index contributed by atoms with van der Waals surface area (Å²) in [5.41, 5.74) is 3.25. The second-order valence-corrected chi connectivity index (χ2v) is 10.3. The molecule has 4 nitrogen and oxygen atoms in total. The fourth-order valence-corrected chi connectivity index (χ4v) is 5.78. The summed E-state index contributed by atoms with van der Waals surface area (Å²) < 4.78 is 2.40. The van der Waals surface area contributed by atoms with Crippen LogP contribution in [0.1, 0.15) is 82.9 Å². The molecule has 1 fully saturated rings. The molecule has 0 radical (unpaired) electrons. The molecule has 1 amide bonds. The number of fused-ring (bicyclic) bond motifs is 2. The van der Waals surface area contributed by atoms with Gasteiger partial charge in [0.25, 0.3) is 0 Å². The summed E-state index contributed by atoms with van der Waals surface area (Å²) in [6.07, 6.45) is 12.4. The lowest BCUT2D eigenvalue weighted by atomic mass is 10.1. The van der Waals surface area contributed by atoms with Crippen molar-refractivity contribution in [1.82, 2.24) is 9.55 Å². The van der Waals surface area contributed by atoms with Gasteiger partial charge in [0.1, 0.15) is 5.82 Å². The Hall–Kier alpha value is -3.14.